The zero-order valence-corrected chi connectivity index (χ0v) is 24.8. The highest BCUT2D eigenvalue weighted by atomic mass is 16.7. The molecule has 1 fully saturated rings. The van der Waals surface area contributed by atoms with Gasteiger partial charge in [-0.1, -0.05) is 41.4 Å². The van der Waals surface area contributed by atoms with Crippen LogP contribution in [0.4, 0.5) is 0 Å². The fourth-order valence-electron chi connectivity index (χ4n) is 5.78. The van der Waals surface area contributed by atoms with Crippen LogP contribution in [0.5, 0.6) is 11.5 Å². The molecule has 1 aromatic heterocycles. The monoisotopic (exact) mass is 563 g/mol. The second kappa shape index (κ2) is 13.1. The third kappa shape index (κ3) is 6.58. The van der Waals surface area contributed by atoms with Gasteiger partial charge in [-0.3, -0.25) is 4.79 Å². The van der Waals surface area contributed by atoms with Gasteiger partial charge < -0.3 is 28.4 Å². The molecule has 41 heavy (non-hydrogen) atoms. The van der Waals surface area contributed by atoms with Crippen molar-refractivity contribution in [3.63, 3.8) is 0 Å². The summed E-state index contributed by atoms with van der Waals surface area (Å²) < 4.78 is 29.3. The van der Waals surface area contributed by atoms with E-state index >= 15 is 0 Å². The molecule has 0 bridgehead atoms. The van der Waals surface area contributed by atoms with Crippen LogP contribution < -0.4 is 9.47 Å². The molecular weight excluding hydrogens is 522 g/mol. The second-order valence-corrected chi connectivity index (χ2v) is 11.0. The van der Waals surface area contributed by atoms with Gasteiger partial charge >= 0.3 is 0 Å². The summed E-state index contributed by atoms with van der Waals surface area (Å²) in [5, 5.41) is 4.32. The maximum absolute atomic E-state index is 13.2. The Morgan fingerprint density at radius 2 is 1.83 bits per heavy atom. The maximum atomic E-state index is 13.2. The summed E-state index contributed by atoms with van der Waals surface area (Å²) in [5.74, 6) is 2.42. The molecule has 9 heteroatoms. The predicted octanol–water partition coefficient (Wildman–Crippen LogP) is 5.04. The van der Waals surface area contributed by atoms with Gasteiger partial charge in [0.1, 0.15) is 29.6 Å². The van der Waals surface area contributed by atoms with E-state index in [9.17, 15) is 4.79 Å². The highest BCUT2D eigenvalue weighted by Crippen LogP contribution is 2.32. The van der Waals surface area contributed by atoms with Gasteiger partial charge in [0.2, 0.25) is 5.91 Å². The number of aryl methyl sites for hydroxylation is 3. The molecule has 0 saturated carbocycles. The van der Waals surface area contributed by atoms with Crippen LogP contribution in [-0.4, -0.2) is 73.8 Å². The van der Waals surface area contributed by atoms with Crippen LogP contribution in [0, 0.1) is 20.8 Å². The van der Waals surface area contributed by atoms with Crippen molar-refractivity contribution in [1.82, 2.24) is 15.0 Å². The topological polar surface area (TPSA) is 86.5 Å². The summed E-state index contributed by atoms with van der Waals surface area (Å²) in [4.78, 5) is 17.2. The van der Waals surface area contributed by atoms with Gasteiger partial charge in [0, 0.05) is 43.8 Å². The van der Waals surface area contributed by atoms with Crippen LogP contribution in [0.1, 0.15) is 47.3 Å². The van der Waals surface area contributed by atoms with Gasteiger partial charge in [-0.15, -0.1) is 0 Å². The zero-order valence-electron chi connectivity index (χ0n) is 24.8. The van der Waals surface area contributed by atoms with Gasteiger partial charge in [0.25, 0.3) is 6.41 Å². The van der Waals surface area contributed by atoms with E-state index < -0.39 is 6.41 Å². The number of hydrogen-bond acceptors (Lipinski definition) is 8. The number of nitrogens with zero attached hydrogens (tertiary/aromatic N) is 3. The quantitative estimate of drug-likeness (QED) is 0.317. The number of amides is 1. The number of hydrogen-bond donors (Lipinski definition) is 0. The minimum Gasteiger partial charge on any atom is -0.497 e. The van der Waals surface area contributed by atoms with Gasteiger partial charge in [0.05, 0.1) is 20.3 Å². The van der Waals surface area contributed by atoms with Crippen molar-refractivity contribution in [2.45, 2.75) is 65.5 Å². The first kappa shape index (κ1) is 29.1. The average molecular weight is 564 g/mol. The molecule has 3 heterocycles. The van der Waals surface area contributed by atoms with Crippen LogP contribution in [0.15, 0.2) is 40.9 Å². The van der Waals surface area contributed by atoms with Gasteiger partial charge in [-0.25, -0.2) is 4.90 Å². The first-order valence-corrected chi connectivity index (χ1v) is 14.4. The Balaban J connectivity index is 1.18. The van der Waals surface area contributed by atoms with Crippen molar-refractivity contribution in [3.8, 4) is 22.8 Å². The Labute approximate surface area is 242 Å². The number of rotatable bonds is 10. The van der Waals surface area contributed by atoms with Gasteiger partial charge in [-0.05, 0) is 56.9 Å². The third-order valence-electron chi connectivity index (χ3n) is 8.07. The molecular formula is C32H41N3O6. The molecule has 2 aromatic carbocycles. The lowest BCUT2D eigenvalue weighted by atomic mass is 10.0. The van der Waals surface area contributed by atoms with E-state index in [0.29, 0.717) is 26.1 Å². The summed E-state index contributed by atoms with van der Waals surface area (Å²) in [6.45, 7) is 8.42. The third-order valence-corrected chi connectivity index (χ3v) is 8.07. The van der Waals surface area contributed by atoms with Crippen LogP contribution in [-0.2, 0) is 27.2 Å². The number of carbonyl (C=O) groups is 1. The number of methoxy groups -OCH3 is 2. The Kier molecular flexibility index (Phi) is 9.27. The minimum absolute atomic E-state index is 0.0278. The molecule has 2 aliphatic rings. The van der Waals surface area contributed by atoms with E-state index in [2.05, 4.69) is 29.1 Å². The first-order valence-electron chi connectivity index (χ1n) is 14.4. The van der Waals surface area contributed by atoms with Gasteiger partial charge in [0.15, 0.2) is 0 Å². The Morgan fingerprint density at radius 1 is 1.07 bits per heavy atom. The van der Waals surface area contributed by atoms with Crippen molar-refractivity contribution in [2.24, 2.45) is 0 Å². The number of likely N-dealkylation sites (tertiary alicyclic amines) is 1. The molecule has 0 N–H and O–H groups in total. The largest absolute Gasteiger partial charge is 0.497 e. The van der Waals surface area contributed by atoms with Crippen molar-refractivity contribution < 1.29 is 28.3 Å². The summed E-state index contributed by atoms with van der Waals surface area (Å²) in [6.07, 6.45) is 3.19. The molecule has 0 radical (unpaired) electrons. The molecule has 2 atom stereocenters. The number of benzene rings is 2. The number of aromatic nitrogens is 1. The van der Waals surface area contributed by atoms with E-state index in [1.165, 1.54) is 5.56 Å². The summed E-state index contributed by atoms with van der Waals surface area (Å²) in [5.41, 5.74) is 5.95. The molecule has 9 nitrogen and oxygen atoms in total. The van der Waals surface area contributed by atoms with Crippen molar-refractivity contribution in [3.05, 3.63) is 64.4 Å². The summed E-state index contributed by atoms with van der Waals surface area (Å²) in [6, 6.07) is 12.2. The average Bonchev–Trinajstić information content (AvgIpc) is 3.41. The normalized spacial score (nSPS) is 18.2. The fraction of sp³-hybridized carbons (Fsp3) is 0.500. The number of fused-ring (bicyclic) bond motifs is 1. The van der Waals surface area contributed by atoms with E-state index in [-0.39, 0.29) is 18.6 Å². The smallest absolute Gasteiger partial charge is 0.262 e. The molecule has 1 amide bonds. The first-order chi connectivity index (χ1) is 19.9. The summed E-state index contributed by atoms with van der Waals surface area (Å²) in [7, 11) is 3.32. The fourth-order valence-corrected chi connectivity index (χ4v) is 5.78. The molecule has 5 rings (SSSR count). The Morgan fingerprint density at radius 3 is 2.54 bits per heavy atom. The molecule has 1 saturated heterocycles. The standard InChI is InChI=1S/C32H41N3O6/c1-21-9-11-24(12-10-21)30-27-18-34(15-13-28(27)41-33-30)29(36)20-39-19-25-8-6-7-14-35(25)32(38-5)40-31-22(2)16-26(37-4)17-23(31)3/h9-12,16-17,25,32H,6-8,13-15,18-20H2,1-5H3. The lowest BCUT2D eigenvalue weighted by Gasteiger charge is -2.40. The zero-order chi connectivity index (χ0) is 28.9. The number of carbonyl (C=O) groups excluding carboxylic acids is 1. The van der Waals surface area contributed by atoms with Crippen LogP contribution in [0.2, 0.25) is 0 Å². The van der Waals surface area contributed by atoms with E-state index in [1.807, 2.05) is 43.0 Å². The second-order valence-electron chi connectivity index (χ2n) is 11.0. The summed E-state index contributed by atoms with van der Waals surface area (Å²) >= 11 is 0. The molecule has 2 unspecified atom stereocenters. The lowest BCUT2D eigenvalue weighted by Crippen LogP contribution is -2.52. The minimum atomic E-state index is -0.556. The van der Waals surface area contributed by atoms with E-state index in [1.54, 1.807) is 14.2 Å². The maximum Gasteiger partial charge on any atom is 0.262 e. The van der Waals surface area contributed by atoms with E-state index in [0.717, 1.165) is 71.0 Å². The number of piperidine rings is 1. The molecule has 0 spiro atoms. The van der Waals surface area contributed by atoms with Crippen molar-refractivity contribution in [1.29, 1.82) is 0 Å². The number of ether oxygens (including phenoxy) is 4. The van der Waals surface area contributed by atoms with Crippen LogP contribution in [0.25, 0.3) is 11.3 Å². The van der Waals surface area contributed by atoms with Crippen molar-refractivity contribution in [2.75, 3.05) is 40.5 Å². The van der Waals surface area contributed by atoms with Crippen molar-refractivity contribution >= 4 is 5.91 Å². The molecule has 220 valence electrons. The molecule has 0 aliphatic carbocycles. The highest BCUT2D eigenvalue weighted by molar-refractivity contribution is 5.78. The van der Waals surface area contributed by atoms with Crippen LogP contribution >= 0.6 is 0 Å². The predicted molar refractivity (Wildman–Crippen MR) is 155 cm³/mol. The van der Waals surface area contributed by atoms with Gasteiger partial charge in [-0.2, -0.15) is 0 Å². The Bertz CT molecular complexity index is 1310. The van der Waals surface area contributed by atoms with Crippen LogP contribution in [0.3, 0.4) is 0 Å². The molecule has 2 aliphatic heterocycles. The SMILES string of the molecule is COc1cc(C)c(OC(OC)N2CCCCC2COCC(=O)N2CCc3onc(-c4ccc(C)cc4)c3C2)c(C)c1. The Hall–Kier alpha value is -3.40. The lowest BCUT2D eigenvalue weighted by molar-refractivity contribution is -0.187. The van der Waals surface area contributed by atoms with E-state index in [4.69, 9.17) is 23.5 Å². The highest BCUT2D eigenvalue weighted by Gasteiger charge is 2.32. The molecule has 3 aromatic rings.